The molecule has 0 saturated heterocycles. The minimum atomic E-state index is -1.46. The Hall–Kier alpha value is -1.82. The third-order valence-corrected chi connectivity index (χ3v) is 2.87. The van der Waals surface area contributed by atoms with Crippen molar-refractivity contribution in [2.45, 2.75) is 32.8 Å². The maximum Gasteiger partial charge on any atom is 0.506 e. The molecule has 0 aliphatic rings. The smallest absolute Gasteiger partial charge is 0.450 e. The van der Waals surface area contributed by atoms with Gasteiger partial charge >= 0.3 is 6.16 Å². The number of halogens is 1. The van der Waals surface area contributed by atoms with E-state index in [1.807, 2.05) is 20.8 Å². The van der Waals surface area contributed by atoms with Gasteiger partial charge in [-0.2, -0.15) is 0 Å². The van der Waals surface area contributed by atoms with Gasteiger partial charge in [-0.25, -0.2) is 4.79 Å². The number of hydrogen-bond acceptors (Lipinski definition) is 4. The summed E-state index contributed by atoms with van der Waals surface area (Å²) in [6, 6.07) is 2.74. The number of rotatable bonds is 3. The maximum atomic E-state index is 11.1. The van der Waals surface area contributed by atoms with E-state index >= 15 is 0 Å². The fraction of sp³-hybridized carbons (Fsp3) is 0.417. The van der Waals surface area contributed by atoms with Gasteiger partial charge in [0.2, 0.25) is 0 Å². The Bertz CT molecular complexity index is 522. The van der Waals surface area contributed by atoms with Gasteiger partial charge in [-0.3, -0.25) is 10.1 Å². The lowest BCUT2D eigenvalue weighted by atomic mass is 9.85. The van der Waals surface area contributed by atoms with E-state index in [-0.39, 0.29) is 22.9 Å². The van der Waals surface area contributed by atoms with Crippen molar-refractivity contribution in [2.24, 2.45) is 0 Å². The molecule has 0 bridgehead atoms. The highest BCUT2D eigenvalue weighted by Crippen LogP contribution is 2.35. The van der Waals surface area contributed by atoms with Crippen molar-refractivity contribution in [3.63, 3.8) is 0 Å². The molecule has 0 radical (unpaired) electrons. The van der Waals surface area contributed by atoms with Crippen LogP contribution in [0, 0.1) is 10.1 Å². The first-order chi connectivity index (χ1) is 8.62. The van der Waals surface area contributed by atoms with Crippen LogP contribution in [0.4, 0.5) is 10.5 Å². The van der Waals surface area contributed by atoms with E-state index in [2.05, 4.69) is 4.74 Å². The standard InChI is InChI=1S/C12H14ClNO5/c1-12(2,3)8-5-9(13)7(6-19-11(15)16)4-10(8)14(17)18/h4-5H,6H2,1-3H3,(H,15,16). The zero-order valence-electron chi connectivity index (χ0n) is 10.8. The number of ether oxygens (including phenoxy) is 1. The Morgan fingerprint density at radius 3 is 2.47 bits per heavy atom. The molecule has 1 rings (SSSR count). The number of benzene rings is 1. The third kappa shape index (κ3) is 3.82. The van der Waals surface area contributed by atoms with Crippen LogP contribution in [0.1, 0.15) is 31.9 Å². The van der Waals surface area contributed by atoms with Gasteiger partial charge in [0, 0.05) is 22.2 Å². The molecule has 1 N–H and O–H groups in total. The van der Waals surface area contributed by atoms with Gasteiger partial charge in [-0.1, -0.05) is 32.4 Å². The van der Waals surface area contributed by atoms with Gasteiger partial charge < -0.3 is 9.84 Å². The molecule has 6 nitrogen and oxygen atoms in total. The average molecular weight is 288 g/mol. The van der Waals surface area contributed by atoms with Crippen molar-refractivity contribution in [3.8, 4) is 0 Å². The predicted octanol–water partition coefficient (Wildman–Crippen LogP) is 3.74. The van der Waals surface area contributed by atoms with Crippen LogP contribution in [0.2, 0.25) is 5.02 Å². The summed E-state index contributed by atoms with van der Waals surface area (Å²) >= 11 is 6.00. The van der Waals surface area contributed by atoms with Crippen molar-refractivity contribution in [1.29, 1.82) is 0 Å². The third-order valence-electron chi connectivity index (χ3n) is 2.52. The van der Waals surface area contributed by atoms with Crippen molar-refractivity contribution < 1.29 is 19.6 Å². The molecular weight excluding hydrogens is 274 g/mol. The van der Waals surface area contributed by atoms with E-state index < -0.39 is 16.5 Å². The molecule has 0 spiro atoms. The second-order valence-corrected chi connectivity index (χ2v) is 5.43. The SMILES string of the molecule is CC(C)(C)c1cc(Cl)c(COC(=O)O)cc1[N+](=O)[O-]. The Morgan fingerprint density at radius 1 is 1.47 bits per heavy atom. The quantitative estimate of drug-likeness (QED) is 0.519. The van der Waals surface area contributed by atoms with E-state index in [4.69, 9.17) is 16.7 Å². The van der Waals surface area contributed by atoms with Gasteiger partial charge in [0.1, 0.15) is 6.61 Å². The zero-order valence-corrected chi connectivity index (χ0v) is 11.5. The first-order valence-corrected chi connectivity index (χ1v) is 5.83. The van der Waals surface area contributed by atoms with Gasteiger partial charge in [-0.15, -0.1) is 0 Å². The first kappa shape index (κ1) is 15.2. The van der Waals surface area contributed by atoms with Crippen LogP contribution >= 0.6 is 11.6 Å². The van der Waals surface area contributed by atoms with Gasteiger partial charge in [0.15, 0.2) is 0 Å². The molecule has 1 aromatic rings. The van der Waals surface area contributed by atoms with E-state index in [9.17, 15) is 14.9 Å². The van der Waals surface area contributed by atoms with Crippen LogP contribution in [-0.4, -0.2) is 16.2 Å². The lowest BCUT2D eigenvalue weighted by molar-refractivity contribution is -0.386. The molecule has 104 valence electrons. The molecule has 0 unspecified atom stereocenters. The molecular formula is C12H14ClNO5. The minimum Gasteiger partial charge on any atom is -0.450 e. The highest BCUT2D eigenvalue weighted by molar-refractivity contribution is 6.31. The van der Waals surface area contributed by atoms with Crippen molar-refractivity contribution in [1.82, 2.24) is 0 Å². The lowest BCUT2D eigenvalue weighted by Crippen LogP contribution is -2.14. The summed E-state index contributed by atoms with van der Waals surface area (Å²) in [4.78, 5) is 20.9. The minimum absolute atomic E-state index is 0.0964. The molecule has 0 fully saturated rings. The summed E-state index contributed by atoms with van der Waals surface area (Å²) < 4.78 is 4.38. The largest absolute Gasteiger partial charge is 0.506 e. The summed E-state index contributed by atoms with van der Waals surface area (Å²) in [5.74, 6) is 0. The predicted molar refractivity (Wildman–Crippen MR) is 69.6 cm³/mol. The molecule has 0 aliphatic heterocycles. The van der Waals surface area contributed by atoms with Crippen LogP contribution in [0.15, 0.2) is 12.1 Å². The molecule has 0 atom stereocenters. The van der Waals surface area contributed by atoms with Crippen LogP contribution < -0.4 is 0 Å². The summed E-state index contributed by atoms with van der Waals surface area (Å²) in [5.41, 5.74) is 0.212. The Kier molecular flexibility index (Phi) is 4.36. The molecule has 0 aliphatic carbocycles. The van der Waals surface area contributed by atoms with E-state index in [0.717, 1.165) is 0 Å². The Balaban J connectivity index is 3.29. The van der Waals surface area contributed by atoms with E-state index in [0.29, 0.717) is 5.56 Å². The van der Waals surface area contributed by atoms with Crippen molar-refractivity contribution in [3.05, 3.63) is 38.4 Å². The number of carbonyl (C=O) groups is 1. The normalized spacial score (nSPS) is 11.2. The van der Waals surface area contributed by atoms with Crippen LogP contribution in [0.5, 0.6) is 0 Å². The topological polar surface area (TPSA) is 89.7 Å². The summed E-state index contributed by atoms with van der Waals surface area (Å²) in [5, 5.41) is 19.8. The highest BCUT2D eigenvalue weighted by atomic mass is 35.5. The van der Waals surface area contributed by atoms with Crippen molar-refractivity contribution in [2.75, 3.05) is 0 Å². The Morgan fingerprint density at radius 2 is 2.05 bits per heavy atom. The van der Waals surface area contributed by atoms with Crippen LogP contribution in [0.25, 0.3) is 0 Å². The molecule has 0 aromatic heterocycles. The van der Waals surface area contributed by atoms with Crippen LogP contribution in [0.3, 0.4) is 0 Å². The van der Waals surface area contributed by atoms with Gasteiger partial charge in [-0.05, 0) is 11.5 Å². The fourth-order valence-electron chi connectivity index (χ4n) is 1.61. The fourth-order valence-corrected chi connectivity index (χ4v) is 1.83. The van der Waals surface area contributed by atoms with Crippen LogP contribution in [-0.2, 0) is 16.8 Å². The average Bonchev–Trinajstić information content (AvgIpc) is 2.25. The number of hydrogen-bond donors (Lipinski definition) is 1. The Labute approximate surface area is 115 Å². The highest BCUT2D eigenvalue weighted by Gasteiger charge is 2.26. The monoisotopic (exact) mass is 287 g/mol. The molecule has 0 amide bonds. The molecule has 1 aromatic carbocycles. The number of nitro groups is 1. The van der Waals surface area contributed by atoms with E-state index in [1.165, 1.54) is 12.1 Å². The number of nitro benzene ring substituents is 1. The molecule has 19 heavy (non-hydrogen) atoms. The number of carboxylic acid groups (broad SMARTS) is 1. The summed E-state index contributed by atoms with van der Waals surface area (Å²) in [6.07, 6.45) is -1.46. The van der Waals surface area contributed by atoms with Gasteiger partial charge in [0.05, 0.1) is 4.92 Å². The maximum absolute atomic E-state index is 11.1. The van der Waals surface area contributed by atoms with E-state index in [1.54, 1.807) is 0 Å². The molecule has 7 heteroatoms. The first-order valence-electron chi connectivity index (χ1n) is 5.46. The summed E-state index contributed by atoms with van der Waals surface area (Å²) in [7, 11) is 0. The summed E-state index contributed by atoms with van der Waals surface area (Å²) in [6.45, 7) is 5.18. The molecule has 0 heterocycles. The number of nitrogens with zero attached hydrogens (tertiary/aromatic N) is 1. The van der Waals surface area contributed by atoms with Gasteiger partial charge in [0.25, 0.3) is 5.69 Å². The zero-order chi connectivity index (χ0) is 14.8. The lowest BCUT2D eigenvalue weighted by Gasteiger charge is -2.20. The molecule has 0 saturated carbocycles. The second kappa shape index (κ2) is 5.44. The second-order valence-electron chi connectivity index (χ2n) is 5.02. The van der Waals surface area contributed by atoms with Crippen molar-refractivity contribution >= 4 is 23.4 Å².